The molecule has 1 atom stereocenters. The summed E-state index contributed by atoms with van der Waals surface area (Å²) in [6.07, 6.45) is 6.97. The van der Waals surface area contributed by atoms with Crippen LogP contribution in [0.3, 0.4) is 0 Å². The maximum Gasteiger partial charge on any atom is 0.494 e. The second-order valence-electron chi connectivity index (χ2n) is 13.1. The van der Waals surface area contributed by atoms with E-state index in [2.05, 4.69) is 130 Å². The van der Waals surface area contributed by atoms with Crippen molar-refractivity contribution in [3.05, 3.63) is 125 Å². The molecule has 0 amide bonds. The predicted octanol–water partition coefficient (Wildman–Crippen LogP) is 8.13. The number of benzene rings is 4. The molecule has 4 aromatic rings. The Bertz CT molecular complexity index is 1830. The van der Waals surface area contributed by atoms with E-state index in [-0.39, 0.29) is 16.6 Å². The zero-order chi connectivity index (χ0) is 28.9. The van der Waals surface area contributed by atoms with Gasteiger partial charge >= 0.3 is 7.12 Å². The number of nitrogens with one attached hydrogen (secondary N) is 1. The standard InChI is InChI=1S/C38H36BNO2/c1-36(2)37(3,4)42-39(41-36)25-19-21-35(40-5)29(23-25)24-18-20-34-30(22-24)28-14-8-11-17-33(28)38(34)31-15-9-6-12-26(31)27-13-7-10-16-32(27)38/h6,8-12,14-23,40H,7,13H2,1-5H3. The molecule has 0 aromatic heterocycles. The van der Waals surface area contributed by atoms with Crippen LogP contribution in [0.5, 0.6) is 0 Å². The van der Waals surface area contributed by atoms with Crippen molar-refractivity contribution in [1.82, 2.24) is 0 Å². The maximum absolute atomic E-state index is 6.43. The van der Waals surface area contributed by atoms with Gasteiger partial charge in [-0.25, -0.2) is 0 Å². The first-order chi connectivity index (χ1) is 20.3. The van der Waals surface area contributed by atoms with Gasteiger partial charge in [-0.3, -0.25) is 0 Å². The van der Waals surface area contributed by atoms with Gasteiger partial charge in [0.15, 0.2) is 0 Å². The molecule has 8 rings (SSSR count). The van der Waals surface area contributed by atoms with E-state index in [0.717, 1.165) is 29.6 Å². The first-order valence-corrected chi connectivity index (χ1v) is 15.2. The SMILES string of the molecule is CNc1ccc(B2OC(C)(C)C(C)(C)O2)cc1-c1ccc2c(c1)-c1ccccc1C21C2=C(CCC=C2)c2ccccc21. The van der Waals surface area contributed by atoms with Crippen molar-refractivity contribution in [3.8, 4) is 22.3 Å². The van der Waals surface area contributed by atoms with E-state index in [4.69, 9.17) is 9.31 Å². The van der Waals surface area contributed by atoms with Crippen LogP contribution in [0.1, 0.15) is 62.8 Å². The van der Waals surface area contributed by atoms with Crippen LogP contribution in [-0.2, 0) is 14.7 Å². The van der Waals surface area contributed by atoms with Crippen LogP contribution in [-0.4, -0.2) is 25.4 Å². The van der Waals surface area contributed by atoms with Crippen LogP contribution < -0.4 is 10.8 Å². The predicted molar refractivity (Wildman–Crippen MR) is 174 cm³/mol. The second kappa shape index (κ2) is 8.83. The van der Waals surface area contributed by atoms with Crippen molar-refractivity contribution < 1.29 is 9.31 Å². The summed E-state index contributed by atoms with van der Waals surface area (Å²) in [6, 6.07) is 31.7. The zero-order valence-electron chi connectivity index (χ0n) is 25.0. The molecule has 1 heterocycles. The quantitative estimate of drug-likeness (QED) is 0.262. The first-order valence-electron chi connectivity index (χ1n) is 15.2. The molecule has 4 heteroatoms. The van der Waals surface area contributed by atoms with Crippen LogP contribution in [0.2, 0.25) is 0 Å². The Balaban J connectivity index is 1.32. The smallest absolute Gasteiger partial charge is 0.399 e. The molecular formula is C38H36BNO2. The molecule has 42 heavy (non-hydrogen) atoms. The summed E-state index contributed by atoms with van der Waals surface area (Å²) in [6.45, 7) is 8.42. The topological polar surface area (TPSA) is 30.5 Å². The minimum atomic E-state index is -0.406. The van der Waals surface area contributed by atoms with Gasteiger partial charge in [-0.05, 0) is 108 Å². The molecular weight excluding hydrogens is 513 g/mol. The van der Waals surface area contributed by atoms with Gasteiger partial charge in [-0.15, -0.1) is 0 Å². The van der Waals surface area contributed by atoms with Crippen molar-refractivity contribution in [1.29, 1.82) is 0 Å². The van der Waals surface area contributed by atoms with Gasteiger partial charge in [-0.2, -0.15) is 0 Å². The highest BCUT2D eigenvalue weighted by Gasteiger charge is 2.53. The Morgan fingerprint density at radius 2 is 1.36 bits per heavy atom. The average Bonchev–Trinajstić information content (AvgIpc) is 3.56. The number of fused-ring (bicyclic) bond motifs is 9. The Kier molecular flexibility index (Phi) is 5.43. The number of anilines is 1. The lowest BCUT2D eigenvalue weighted by Crippen LogP contribution is -2.41. The maximum atomic E-state index is 6.43. The van der Waals surface area contributed by atoms with E-state index in [0.29, 0.717) is 0 Å². The van der Waals surface area contributed by atoms with Crippen molar-refractivity contribution in [2.75, 3.05) is 12.4 Å². The summed E-state index contributed by atoms with van der Waals surface area (Å²) in [7, 11) is 1.58. The number of allylic oxidation sites excluding steroid dienone is 4. The molecule has 1 N–H and O–H groups in total. The highest BCUT2D eigenvalue weighted by molar-refractivity contribution is 6.62. The molecule has 0 saturated carbocycles. The number of rotatable bonds is 3. The Morgan fingerprint density at radius 1 is 0.690 bits per heavy atom. The number of hydrogen-bond donors (Lipinski definition) is 1. The van der Waals surface area contributed by atoms with Crippen LogP contribution in [0.15, 0.2) is 103 Å². The summed E-state index contributed by atoms with van der Waals surface area (Å²) in [4.78, 5) is 0. The third-order valence-electron chi connectivity index (χ3n) is 10.4. The van der Waals surface area contributed by atoms with Gasteiger partial charge in [0.05, 0.1) is 16.6 Å². The summed E-state index contributed by atoms with van der Waals surface area (Å²) in [5.41, 5.74) is 14.6. The van der Waals surface area contributed by atoms with Gasteiger partial charge in [0.1, 0.15) is 0 Å². The van der Waals surface area contributed by atoms with Gasteiger partial charge in [-0.1, -0.05) is 84.9 Å². The minimum Gasteiger partial charge on any atom is -0.399 e. The van der Waals surface area contributed by atoms with E-state index in [1.165, 1.54) is 50.1 Å². The first kappa shape index (κ1) is 25.8. The highest BCUT2D eigenvalue weighted by Crippen LogP contribution is 2.63. The lowest BCUT2D eigenvalue weighted by Gasteiger charge is -2.32. The van der Waals surface area contributed by atoms with Crippen LogP contribution in [0.25, 0.3) is 27.8 Å². The van der Waals surface area contributed by atoms with Crippen molar-refractivity contribution in [2.45, 2.75) is 57.2 Å². The lowest BCUT2D eigenvalue weighted by molar-refractivity contribution is 0.00578. The van der Waals surface area contributed by atoms with Crippen LogP contribution in [0.4, 0.5) is 5.69 Å². The average molecular weight is 550 g/mol. The van der Waals surface area contributed by atoms with E-state index in [9.17, 15) is 0 Å². The highest BCUT2D eigenvalue weighted by atomic mass is 16.7. The fraction of sp³-hybridized carbons (Fsp3) is 0.263. The monoisotopic (exact) mass is 549 g/mol. The zero-order valence-corrected chi connectivity index (χ0v) is 25.0. The largest absolute Gasteiger partial charge is 0.494 e. The Labute approximate surface area is 249 Å². The number of hydrogen-bond acceptors (Lipinski definition) is 3. The van der Waals surface area contributed by atoms with Crippen LogP contribution in [0, 0.1) is 0 Å². The van der Waals surface area contributed by atoms with Crippen molar-refractivity contribution >= 4 is 23.8 Å². The fourth-order valence-corrected chi connectivity index (χ4v) is 7.69. The van der Waals surface area contributed by atoms with Crippen molar-refractivity contribution in [3.63, 3.8) is 0 Å². The van der Waals surface area contributed by atoms with E-state index in [1.54, 1.807) is 0 Å². The Morgan fingerprint density at radius 3 is 2.10 bits per heavy atom. The second-order valence-corrected chi connectivity index (χ2v) is 13.1. The summed E-state index contributed by atoms with van der Waals surface area (Å²) < 4.78 is 12.9. The normalized spacial score (nSPS) is 22.3. The van der Waals surface area contributed by atoms with E-state index >= 15 is 0 Å². The third kappa shape index (κ3) is 3.31. The van der Waals surface area contributed by atoms with Gasteiger partial charge in [0, 0.05) is 18.3 Å². The summed E-state index contributed by atoms with van der Waals surface area (Å²) in [5.74, 6) is 0. The van der Waals surface area contributed by atoms with E-state index < -0.39 is 7.12 Å². The van der Waals surface area contributed by atoms with Gasteiger partial charge in [0.2, 0.25) is 0 Å². The molecule has 3 aliphatic carbocycles. The molecule has 4 aliphatic rings. The lowest BCUT2D eigenvalue weighted by atomic mass is 9.69. The molecule has 1 unspecified atom stereocenters. The van der Waals surface area contributed by atoms with Crippen molar-refractivity contribution in [2.24, 2.45) is 0 Å². The Hall–Kier alpha value is -3.86. The molecule has 4 aromatic carbocycles. The molecule has 0 bridgehead atoms. The molecule has 1 fully saturated rings. The third-order valence-corrected chi connectivity index (χ3v) is 10.4. The molecule has 208 valence electrons. The molecule has 3 nitrogen and oxygen atoms in total. The summed E-state index contributed by atoms with van der Waals surface area (Å²) >= 11 is 0. The molecule has 1 aliphatic heterocycles. The molecule has 0 radical (unpaired) electrons. The minimum absolute atomic E-state index is 0.274. The van der Waals surface area contributed by atoms with Gasteiger partial charge < -0.3 is 14.6 Å². The fourth-order valence-electron chi connectivity index (χ4n) is 7.69. The van der Waals surface area contributed by atoms with Crippen LogP contribution >= 0.6 is 0 Å². The van der Waals surface area contributed by atoms with Gasteiger partial charge in [0.25, 0.3) is 0 Å². The summed E-state index contributed by atoms with van der Waals surface area (Å²) in [5, 5.41) is 3.43. The molecule has 1 saturated heterocycles. The molecule has 1 spiro atoms. The van der Waals surface area contributed by atoms with E-state index in [1.807, 2.05) is 7.05 Å².